The van der Waals surface area contributed by atoms with Crippen molar-refractivity contribution in [3.8, 4) is 0 Å². The minimum absolute atomic E-state index is 1.32. The Labute approximate surface area is 62.5 Å². The molecule has 0 saturated carbocycles. The Balaban J connectivity index is 4.15. The van der Waals surface area contributed by atoms with Crippen molar-refractivity contribution in [3.05, 3.63) is 21.3 Å². The molecule has 0 unspecified atom stereocenters. The molecule has 0 aliphatic carbocycles. The van der Waals surface area contributed by atoms with Crippen LogP contribution in [-0.2, 0) is 0 Å². The minimum atomic E-state index is -1.86. The van der Waals surface area contributed by atoms with E-state index in [0.717, 1.165) is 0 Å². The Bertz CT molecular complexity index is 91.1. The van der Waals surface area contributed by atoms with Gasteiger partial charge in [-0.2, -0.15) is 0 Å². The van der Waals surface area contributed by atoms with Gasteiger partial charge in [-0.25, -0.2) is 0 Å². The normalized spacial score (nSPS) is 10.9. The fraction of sp³-hybridized carbons (Fsp3) is 0.500. The van der Waals surface area contributed by atoms with Gasteiger partial charge in [-0.15, -0.1) is 0 Å². The van der Waals surface area contributed by atoms with Gasteiger partial charge in [0.05, 0.1) is 0 Å². The first-order valence-corrected chi connectivity index (χ1v) is 10.8. The molecule has 0 atom stereocenters. The van der Waals surface area contributed by atoms with Crippen molar-refractivity contribution in [2.24, 2.45) is 0 Å². The molecule has 52 valence electrons. The third-order valence-electron chi connectivity index (χ3n) is 2.13. The molecule has 9 heavy (non-hydrogen) atoms. The van der Waals surface area contributed by atoms with Crippen LogP contribution in [0.2, 0.25) is 8.87 Å². The molecule has 0 aliphatic heterocycles. The van der Waals surface area contributed by atoms with Crippen LogP contribution < -0.4 is 0 Å². The van der Waals surface area contributed by atoms with Gasteiger partial charge < -0.3 is 0 Å². The van der Waals surface area contributed by atoms with Crippen LogP contribution in [0.15, 0.2) is 21.3 Å². The molecule has 0 aromatic rings. The van der Waals surface area contributed by atoms with Crippen LogP contribution in [0.4, 0.5) is 0 Å². The SMILES string of the molecule is C=[CH][Sn]([CH]=C)([CH2]C)[CH2]C. The van der Waals surface area contributed by atoms with Crippen molar-refractivity contribution >= 4 is 18.4 Å². The van der Waals surface area contributed by atoms with E-state index in [4.69, 9.17) is 0 Å². The van der Waals surface area contributed by atoms with Gasteiger partial charge in [0.15, 0.2) is 0 Å². The predicted octanol–water partition coefficient (Wildman–Crippen LogP) is 2.93. The molecular formula is C8H16Sn. The summed E-state index contributed by atoms with van der Waals surface area (Å²) in [4.78, 5) is 0. The van der Waals surface area contributed by atoms with Gasteiger partial charge >= 0.3 is 62.4 Å². The first kappa shape index (κ1) is 9.28. The molecule has 0 N–H and O–H groups in total. The Morgan fingerprint density at radius 1 is 1.11 bits per heavy atom. The van der Waals surface area contributed by atoms with Gasteiger partial charge in [-0.05, 0) is 0 Å². The quantitative estimate of drug-likeness (QED) is 0.652. The summed E-state index contributed by atoms with van der Waals surface area (Å²) in [6.45, 7) is 12.2. The van der Waals surface area contributed by atoms with E-state index in [1.807, 2.05) is 0 Å². The monoisotopic (exact) mass is 232 g/mol. The van der Waals surface area contributed by atoms with Crippen molar-refractivity contribution in [3.63, 3.8) is 0 Å². The predicted molar refractivity (Wildman–Crippen MR) is 47.1 cm³/mol. The fourth-order valence-corrected chi connectivity index (χ4v) is 6.11. The molecule has 0 nitrogen and oxygen atoms in total. The first-order valence-electron chi connectivity index (χ1n) is 3.52. The van der Waals surface area contributed by atoms with E-state index < -0.39 is 18.4 Å². The standard InChI is InChI=1S/2C2H5.2C2H3.Sn/c4*1-2;/h2*1H2,2H3;2*1H,2H2;. The maximum absolute atomic E-state index is 3.87. The number of rotatable bonds is 4. The summed E-state index contributed by atoms with van der Waals surface area (Å²) in [6.07, 6.45) is 0. The van der Waals surface area contributed by atoms with Crippen molar-refractivity contribution in [1.29, 1.82) is 0 Å². The van der Waals surface area contributed by atoms with Gasteiger partial charge in [0, 0.05) is 0 Å². The van der Waals surface area contributed by atoms with Crippen LogP contribution in [0.5, 0.6) is 0 Å². The van der Waals surface area contributed by atoms with Crippen molar-refractivity contribution in [2.75, 3.05) is 0 Å². The zero-order chi connectivity index (χ0) is 7.33. The summed E-state index contributed by atoms with van der Waals surface area (Å²) in [7, 11) is 0. The number of hydrogen-bond acceptors (Lipinski definition) is 0. The summed E-state index contributed by atoms with van der Waals surface area (Å²) in [5, 5.41) is 0. The van der Waals surface area contributed by atoms with E-state index in [-0.39, 0.29) is 0 Å². The molecule has 0 saturated heterocycles. The third kappa shape index (κ3) is 2.16. The molecule has 0 rings (SSSR count). The van der Waals surface area contributed by atoms with E-state index in [0.29, 0.717) is 0 Å². The van der Waals surface area contributed by atoms with Gasteiger partial charge in [0.2, 0.25) is 0 Å². The Kier molecular flexibility index (Phi) is 4.28. The van der Waals surface area contributed by atoms with Crippen LogP contribution >= 0.6 is 0 Å². The first-order chi connectivity index (χ1) is 4.24. The van der Waals surface area contributed by atoms with Crippen LogP contribution in [0.3, 0.4) is 0 Å². The molecule has 0 amide bonds. The van der Waals surface area contributed by atoms with Gasteiger partial charge in [-0.1, -0.05) is 0 Å². The summed E-state index contributed by atoms with van der Waals surface area (Å²) < 4.78 is 7.03. The second-order valence-electron chi connectivity index (χ2n) is 2.35. The third-order valence-corrected chi connectivity index (χ3v) is 14.3. The van der Waals surface area contributed by atoms with Gasteiger partial charge in [-0.3, -0.25) is 0 Å². The van der Waals surface area contributed by atoms with Gasteiger partial charge in [0.1, 0.15) is 0 Å². The summed E-state index contributed by atoms with van der Waals surface area (Å²) in [6, 6.07) is 0. The average Bonchev–Trinajstić information content (AvgIpc) is 1.95. The molecule has 0 bridgehead atoms. The molecule has 1 heteroatoms. The topological polar surface area (TPSA) is 0 Å². The van der Waals surface area contributed by atoms with Crippen LogP contribution in [0, 0.1) is 0 Å². The van der Waals surface area contributed by atoms with Crippen molar-refractivity contribution < 1.29 is 0 Å². The zero-order valence-electron chi connectivity index (χ0n) is 6.48. The summed E-state index contributed by atoms with van der Waals surface area (Å²) in [5.74, 6) is 0. The van der Waals surface area contributed by atoms with E-state index in [9.17, 15) is 0 Å². The Hall–Kier alpha value is 0.279. The summed E-state index contributed by atoms with van der Waals surface area (Å²) in [5.41, 5.74) is 0. The van der Waals surface area contributed by atoms with E-state index >= 15 is 0 Å². The molecule has 0 aromatic heterocycles. The van der Waals surface area contributed by atoms with E-state index in [2.05, 4.69) is 35.2 Å². The van der Waals surface area contributed by atoms with Crippen molar-refractivity contribution in [1.82, 2.24) is 0 Å². The molecule has 0 radical (unpaired) electrons. The van der Waals surface area contributed by atoms with Crippen LogP contribution in [0.1, 0.15) is 13.8 Å². The molecule has 0 fully saturated rings. The molecule has 0 spiro atoms. The number of hydrogen-bond donors (Lipinski definition) is 0. The van der Waals surface area contributed by atoms with E-state index in [1.165, 1.54) is 8.87 Å². The van der Waals surface area contributed by atoms with Crippen LogP contribution in [-0.4, -0.2) is 18.4 Å². The molecular weight excluding hydrogens is 215 g/mol. The van der Waals surface area contributed by atoms with Crippen LogP contribution in [0.25, 0.3) is 0 Å². The zero-order valence-corrected chi connectivity index (χ0v) is 9.34. The van der Waals surface area contributed by atoms with Crippen molar-refractivity contribution in [2.45, 2.75) is 22.7 Å². The Morgan fingerprint density at radius 3 is 1.44 bits per heavy atom. The van der Waals surface area contributed by atoms with E-state index in [1.54, 1.807) is 0 Å². The molecule has 0 aliphatic rings. The Morgan fingerprint density at radius 2 is 1.44 bits per heavy atom. The summed E-state index contributed by atoms with van der Waals surface area (Å²) >= 11 is -1.86. The second-order valence-corrected chi connectivity index (χ2v) is 15.8. The average molecular weight is 231 g/mol. The second kappa shape index (κ2) is 4.15. The fourth-order valence-electron chi connectivity index (χ4n) is 0.911. The van der Waals surface area contributed by atoms with Gasteiger partial charge in [0.25, 0.3) is 0 Å². The molecule has 0 aromatic carbocycles. The molecule has 0 heterocycles. The maximum atomic E-state index is 3.87.